The van der Waals surface area contributed by atoms with E-state index in [0.29, 0.717) is 11.4 Å². The maximum Gasteiger partial charge on any atom is 0.347 e. The molecule has 0 aliphatic rings. The molecule has 132 valence electrons. The number of anilines is 1. The molecule has 0 fully saturated rings. The van der Waals surface area contributed by atoms with E-state index in [1.54, 1.807) is 6.07 Å². The normalized spacial score (nSPS) is 11.5. The summed E-state index contributed by atoms with van der Waals surface area (Å²) in [7, 11) is 0. The highest BCUT2D eigenvalue weighted by Crippen LogP contribution is 2.16. The summed E-state index contributed by atoms with van der Waals surface area (Å²) in [6, 6.07) is 10.9. The average molecular weight is 345 g/mol. The Morgan fingerprint density at radius 2 is 1.80 bits per heavy atom. The van der Waals surface area contributed by atoms with Gasteiger partial charge in [0, 0.05) is 5.69 Å². The van der Waals surface area contributed by atoms with Crippen LogP contribution in [0, 0.1) is 19.7 Å². The minimum absolute atomic E-state index is 0.339. The number of benzene rings is 2. The number of rotatable bonds is 6. The molecule has 1 atom stereocenters. The highest BCUT2D eigenvalue weighted by molar-refractivity contribution is 5.93. The standard InChI is InChI=1S/C19H20FNO4/c1-12-4-9-17(13(2)10-12)21-18(22)11-24-19(23)14(3)25-16-7-5-15(20)6-8-16/h4-10,14H,11H2,1-3H3,(H,21,22)/t14-/m0/s1. The molecule has 25 heavy (non-hydrogen) atoms. The molecule has 0 saturated carbocycles. The highest BCUT2D eigenvalue weighted by atomic mass is 19.1. The monoisotopic (exact) mass is 345 g/mol. The Morgan fingerprint density at radius 3 is 2.44 bits per heavy atom. The zero-order valence-corrected chi connectivity index (χ0v) is 14.3. The second-order valence-corrected chi connectivity index (χ2v) is 5.69. The van der Waals surface area contributed by atoms with Gasteiger partial charge < -0.3 is 14.8 Å². The van der Waals surface area contributed by atoms with Gasteiger partial charge in [-0.3, -0.25) is 4.79 Å². The molecule has 2 rings (SSSR count). The van der Waals surface area contributed by atoms with Gasteiger partial charge in [0.2, 0.25) is 0 Å². The Balaban J connectivity index is 1.82. The SMILES string of the molecule is Cc1ccc(NC(=O)COC(=O)[C@H](C)Oc2ccc(F)cc2)c(C)c1. The number of hydrogen-bond donors (Lipinski definition) is 1. The van der Waals surface area contributed by atoms with E-state index in [2.05, 4.69) is 5.32 Å². The number of carbonyl (C=O) groups is 2. The second-order valence-electron chi connectivity index (χ2n) is 5.69. The van der Waals surface area contributed by atoms with Crippen molar-refractivity contribution >= 4 is 17.6 Å². The molecular formula is C19H20FNO4. The zero-order chi connectivity index (χ0) is 18.4. The first kappa shape index (κ1) is 18.4. The molecule has 0 aromatic heterocycles. The van der Waals surface area contributed by atoms with Crippen molar-refractivity contribution < 1.29 is 23.5 Å². The topological polar surface area (TPSA) is 64.6 Å². The summed E-state index contributed by atoms with van der Waals surface area (Å²) in [6.45, 7) is 4.92. The third-order valence-electron chi connectivity index (χ3n) is 3.46. The van der Waals surface area contributed by atoms with Gasteiger partial charge >= 0.3 is 5.97 Å². The van der Waals surface area contributed by atoms with Crippen molar-refractivity contribution in [3.8, 4) is 5.75 Å². The summed E-state index contributed by atoms with van der Waals surface area (Å²) in [5.74, 6) is -1.18. The molecule has 0 aliphatic carbocycles. The van der Waals surface area contributed by atoms with Gasteiger partial charge in [-0.15, -0.1) is 0 Å². The summed E-state index contributed by atoms with van der Waals surface area (Å²) < 4.78 is 23.1. The van der Waals surface area contributed by atoms with Gasteiger partial charge in [-0.2, -0.15) is 0 Å². The number of ether oxygens (including phenoxy) is 2. The molecule has 1 N–H and O–H groups in total. The molecule has 0 radical (unpaired) electrons. The number of nitrogens with one attached hydrogen (secondary N) is 1. The summed E-state index contributed by atoms with van der Waals surface area (Å²) in [6.07, 6.45) is -0.917. The minimum atomic E-state index is -0.917. The van der Waals surface area contributed by atoms with E-state index < -0.39 is 30.4 Å². The lowest BCUT2D eigenvalue weighted by Gasteiger charge is -2.14. The summed E-state index contributed by atoms with van der Waals surface area (Å²) >= 11 is 0. The second kappa shape index (κ2) is 8.28. The van der Waals surface area contributed by atoms with Gasteiger partial charge in [0.15, 0.2) is 12.7 Å². The highest BCUT2D eigenvalue weighted by Gasteiger charge is 2.18. The van der Waals surface area contributed by atoms with Crippen LogP contribution in [0.25, 0.3) is 0 Å². The molecule has 0 heterocycles. The van der Waals surface area contributed by atoms with Gasteiger partial charge in [0.25, 0.3) is 5.91 Å². The van der Waals surface area contributed by atoms with Crippen LogP contribution in [0.2, 0.25) is 0 Å². The molecule has 2 aromatic rings. The predicted octanol–water partition coefficient (Wildman–Crippen LogP) is 3.39. The third-order valence-corrected chi connectivity index (χ3v) is 3.46. The fourth-order valence-electron chi connectivity index (χ4n) is 2.16. The van der Waals surface area contributed by atoms with E-state index in [1.165, 1.54) is 31.2 Å². The minimum Gasteiger partial charge on any atom is -0.479 e. The van der Waals surface area contributed by atoms with E-state index in [4.69, 9.17) is 9.47 Å². The molecule has 0 spiro atoms. The van der Waals surface area contributed by atoms with Gasteiger partial charge in [-0.05, 0) is 56.7 Å². The lowest BCUT2D eigenvalue weighted by molar-refractivity contribution is -0.153. The molecule has 0 bridgehead atoms. The average Bonchev–Trinajstić information content (AvgIpc) is 2.57. The van der Waals surface area contributed by atoms with Crippen LogP contribution in [0.4, 0.5) is 10.1 Å². The summed E-state index contributed by atoms with van der Waals surface area (Å²) in [5, 5.41) is 2.69. The number of carbonyl (C=O) groups excluding carboxylic acids is 2. The molecule has 0 aliphatic heterocycles. The van der Waals surface area contributed by atoms with Gasteiger partial charge in [0.05, 0.1) is 0 Å². The Kier molecular flexibility index (Phi) is 6.11. The van der Waals surface area contributed by atoms with E-state index in [1.807, 2.05) is 26.0 Å². The summed E-state index contributed by atoms with van der Waals surface area (Å²) in [5.41, 5.74) is 2.68. The quantitative estimate of drug-likeness (QED) is 0.815. The van der Waals surface area contributed by atoms with Crippen LogP contribution < -0.4 is 10.1 Å². The van der Waals surface area contributed by atoms with E-state index >= 15 is 0 Å². The molecular weight excluding hydrogens is 325 g/mol. The first-order chi connectivity index (χ1) is 11.8. The Bertz CT molecular complexity index is 759. The molecule has 5 nitrogen and oxygen atoms in total. The number of esters is 1. The number of halogens is 1. The Morgan fingerprint density at radius 1 is 1.12 bits per heavy atom. The van der Waals surface area contributed by atoms with Gasteiger partial charge in [-0.25, -0.2) is 9.18 Å². The molecule has 1 amide bonds. The smallest absolute Gasteiger partial charge is 0.347 e. The van der Waals surface area contributed by atoms with Crippen molar-refractivity contribution in [2.75, 3.05) is 11.9 Å². The van der Waals surface area contributed by atoms with Crippen LogP contribution in [0.3, 0.4) is 0 Å². The third kappa shape index (κ3) is 5.60. The van der Waals surface area contributed by atoms with Crippen LogP contribution in [0.1, 0.15) is 18.1 Å². The summed E-state index contributed by atoms with van der Waals surface area (Å²) in [4.78, 5) is 23.8. The van der Waals surface area contributed by atoms with Crippen LogP contribution in [-0.2, 0) is 14.3 Å². The van der Waals surface area contributed by atoms with Crippen LogP contribution in [0.15, 0.2) is 42.5 Å². The van der Waals surface area contributed by atoms with E-state index in [9.17, 15) is 14.0 Å². The maximum atomic E-state index is 12.8. The number of aryl methyl sites for hydroxylation is 2. The molecule has 0 saturated heterocycles. The molecule has 2 aromatic carbocycles. The van der Waals surface area contributed by atoms with Gasteiger partial charge in [0.1, 0.15) is 11.6 Å². The number of amides is 1. The van der Waals surface area contributed by atoms with Crippen molar-refractivity contribution in [2.24, 2.45) is 0 Å². The first-order valence-electron chi connectivity index (χ1n) is 7.81. The lowest BCUT2D eigenvalue weighted by atomic mass is 10.1. The van der Waals surface area contributed by atoms with Crippen molar-refractivity contribution in [1.29, 1.82) is 0 Å². The van der Waals surface area contributed by atoms with Crippen LogP contribution in [-0.4, -0.2) is 24.6 Å². The molecule has 6 heteroatoms. The Hall–Kier alpha value is -2.89. The van der Waals surface area contributed by atoms with E-state index in [0.717, 1.165) is 11.1 Å². The van der Waals surface area contributed by atoms with Crippen molar-refractivity contribution in [3.63, 3.8) is 0 Å². The zero-order valence-electron chi connectivity index (χ0n) is 14.3. The van der Waals surface area contributed by atoms with Crippen LogP contribution >= 0.6 is 0 Å². The largest absolute Gasteiger partial charge is 0.479 e. The lowest BCUT2D eigenvalue weighted by Crippen LogP contribution is -2.29. The first-order valence-corrected chi connectivity index (χ1v) is 7.81. The van der Waals surface area contributed by atoms with Crippen molar-refractivity contribution in [1.82, 2.24) is 0 Å². The fraction of sp³-hybridized carbons (Fsp3) is 0.263. The van der Waals surface area contributed by atoms with E-state index in [-0.39, 0.29) is 0 Å². The van der Waals surface area contributed by atoms with Crippen molar-refractivity contribution in [2.45, 2.75) is 26.9 Å². The number of hydrogen-bond acceptors (Lipinski definition) is 4. The predicted molar refractivity (Wildman–Crippen MR) is 92.0 cm³/mol. The Labute approximate surface area is 145 Å². The van der Waals surface area contributed by atoms with Gasteiger partial charge in [-0.1, -0.05) is 17.7 Å². The molecule has 0 unspecified atom stereocenters. The fourth-order valence-corrected chi connectivity index (χ4v) is 2.16. The van der Waals surface area contributed by atoms with Crippen LogP contribution in [0.5, 0.6) is 5.75 Å². The van der Waals surface area contributed by atoms with Crippen molar-refractivity contribution in [3.05, 3.63) is 59.4 Å². The maximum absolute atomic E-state index is 12.8.